The highest BCUT2D eigenvalue weighted by Gasteiger charge is 2.30. The lowest BCUT2D eigenvalue weighted by molar-refractivity contribution is -0.137. The molecule has 1 aliphatic carbocycles. The van der Waals surface area contributed by atoms with E-state index in [1.54, 1.807) is 11.6 Å². The Bertz CT molecular complexity index is 790. The number of nitrogens with zero attached hydrogens (tertiary/aromatic N) is 3. The van der Waals surface area contributed by atoms with Gasteiger partial charge in [-0.25, -0.2) is 0 Å². The highest BCUT2D eigenvalue weighted by Crippen LogP contribution is 2.31. The fraction of sp³-hybridized carbons (Fsp3) is 0.438. The number of carbonyl (C=O) groups is 1. The highest BCUT2D eigenvalue weighted by molar-refractivity contribution is 7.99. The monoisotopic (exact) mass is 386 g/mol. The van der Waals surface area contributed by atoms with Crippen molar-refractivity contribution >= 4 is 17.7 Å². The molecular formula is C16H17F3N4O2S. The summed E-state index contributed by atoms with van der Waals surface area (Å²) >= 11 is 1.25. The normalized spacial score (nSPS) is 14.3. The molecule has 0 aliphatic heterocycles. The number of nitrogens with one attached hydrogen (secondary N) is 1. The molecule has 1 aliphatic rings. The number of alkyl halides is 3. The fourth-order valence-corrected chi connectivity index (χ4v) is 2.87. The first-order valence-corrected chi connectivity index (χ1v) is 8.92. The Balaban J connectivity index is 1.55. The Labute approximate surface area is 152 Å². The number of ether oxygens (including phenoxy) is 1. The van der Waals surface area contributed by atoms with Gasteiger partial charge in [-0.15, -0.1) is 10.2 Å². The molecule has 1 heterocycles. The summed E-state index contributed by atoms with van der Waals surface area (Å²) in [6.45, 7) is -0.0281. The molecule has 3 rings (SSSR count). The van der Waals surface area contributed by atoms with E-state index in [0.29, 0.717) is 17.0 Å². The van der Waals surface area contributed by atoms with Crippen molar-refractivity contribution in [1.29, 1.82) is 0 Å². The van der Waals surface area contributed by atoms with Crippen molar-refractivity contribution in [2.24, 2.45) is 7.05 Å². The number of rotatable bonds is 7. The fourth-order valence-electron chi connectivity index (χ4n) is 2.13. The van der Waals surface area contributed by atoms with Crippen LogP contribution in [-0.4, -0.2) is 32.5 Å². The van der Waals surface area contributed by atoms with Crippen LogP contribution in [0.4, 0.5) is 13.2 Å². The lowest BCUT2D eigenvalue weighted by Gasteiger charge is -2.10. The van der Waals surface area contributed by atoms with Gasteiger partial charge < -0.3 is 14.6 Å². The molecule has 0 spiro atoms. The van der Waals surface area contributed by atoms with Gasteiger partial charge >= 0.3 is 6.18 Å². The standard InChI is InChI=1S/C16H17F3N4O2S/c1-23-13(8-25-12-4-2-3-10(7-12)16(17,18)19)21-22-15(23)26-9-14(24)20-11-5-6-11/h2-4,7,11H,5-6,8-9H2,1H3,(H,20,24). The smallest absolute Gasteiger partial charge is 0.416 e. The van der Waals surface area contributed by atoms with Gasteiger partial charge in [0.1, 0.15) is 12.4 Å². The third-order valence-corrected chi connectivity index (χ3v) is 4.75. The van der Waals surface area contributed by atoms with Crippen LogP contribution in [0.5, 0.6) is 5.75 Å². The minimum atomic E-state index is -4.42. The third kappa shape index (κ3) is 4.90. The van der Waals surface area contributed by atoms with Gasteiger partial charge in [0.05, 0.1) is 11.3 Å². The van der Waals surface area contributed by atoms with Gasteiger partial charge in [0.15, 0.2) is 11.0 Å². The molecular weight excluding hydrogens is 369 g/mol. The molecule has 140 valence electrons. The maximum atomic E-state index is 12.7. The topological polar surface area (TPSA) is 69.0 Å². The predicted octanol–water partition coefficient (Wildman–Crippen LogP) is 2.78. The molecule has 1 amide bonds. The lowest BCUT2D eigenvalue weighted by atomic mass is 10.2. The first-order valence-electron chi connectivity index (χ1n) is 7.93. The van der Waals surface area contributed by atoms with Gasteiger partial charge in [-0.2, -0.15) is 13.2 Å². The molecule has 1 saturated carbocycles. The molecule has 0 saturated heterocycles. The largest absolute Gasteiger partial charge is 0.486 e. The summed E-state index contributed by atoms with van der Waals surface area (Å²) in [4.78, 5) is 11.7. The predicted molar refractivity (Wildman–Crippen MR) is 88.7 cm³/mol. The van der Waals surface area contributed by atoms with Crippen LogP contribution < -0.4 is 10.1 Å². The molecule has 0 unspecified atom stereocenters. The summed E-state index contributed by atoms with van der Waals surface area (Å²) < 4.78 is 45.2. The molecule has 2 aromatic rings. The first kappa shape index (κ1) is 18.6. The molecule has 1 aromatic carbocycles. The van der Waals surface area contributed by atoms with Gasteiger partial charge in [0.25, 0.3) is 0 Å². The van der Waals surface area contributed by atoms with Crippen molar-refractivity contribution in [1.82, 2.24) is 20.1 Å². The Hall–Kier alpha value is -2.23. The number of hydrogen-bond acceptors (Lipinski definition) is 5. The number of benzene rings is 1. The van der Waals surface area contributed by atoms with E-state index in [9.17, 15) is 18.0 Å². The highest BCUT2D eigenvalue weighted by atomic mass is 32.2. The number of aromatic nitrogens is 3. The van der Waals surface area contributed by atoms with Gasteiger partial charge in [-0.05, 0) is 31.0 Å². The van der Waals surface area contributed by atoms with Gasteiger partial charge in [0.2, 0.25) is 5.91 Å². The molecule has 1 aromatic heterocycles. The van der Waals surface area contributed by atoms with Crippen LogP contribution in [0, 0.1) is 0 Å². The second-order valence-corrected chi connectivity index (χ2v) is 6.85. The van der Waals surface area contributed by atoms with Gasteiger partial charge in [-0.1, -0.05) is 17.8 Å². The van der Waals surface area contributed by atoms with Crippen LogP contribution in [-0.2, 0) is 24.6 Å². The van der Waals surface area contributed by atoms with E-state index < -0.39 is 11.7 Å². The molecule has 0 radical (unpaired) electrons. The lowest BCUT2D eigenvalue weighted by Crippen LogP contribution is -2.27. The van der Waals surface area contributed by atoms with Crippen molar-refractivity contribution < 1.29 is 22.7 Å². The number of amides is 1. The van der Waals surface area contributed by atoms with Crippen molar-refractivity contribution in [3.8, 4) is 5.75 Å². The molecule has 10 heteroatoms. The molecule has 26 heavy (non-hydrogen) atoms. The van der Waals surface area contributed by atoms with Crippen molar-refractivity contribution in [3.63, 3.8) is 0 Å². The number of hydrogen-bond donors (Lipinski definition) is 1. The van der Waals surface area contributed by atoms with Crippen LogP contribution in [0.3, 0.4) is 0 Å². The average molecular weight is 386 g/mol. The van der Waals surface area contributed by atoms with E-state index >= 15 is 0 Å². The van der Waals surface area contributed by atoms with Crippen LogP contribution in [0.25, 0.3) is 0 Å². The maximum absolute atomic E-state index is 12.7. The van der Waals surface area contributed by atoms with Crippen LogP contribution in [0.2, 0.25) is 0 Å². The second-order valence-electron chi connectivity index (χ2n) is 5.90. The summed E-state index contributed by atoms with van der Waals surface area (Å²) in [5, 5.41) is 11.4. The quantitative estimate of drug-likeness (QED) is 0.741. The van der Waals surface area contributed by atoms with Crippen molar-refractivity contribution in [3.05, 3.63) is 35.7 Å². The second kappa shape index (κ2) is 7.56. The zero-order chi connectivity index (χ0) is 18.7. The summed E-state index contributed by atoms with van der Waals surface area (Å²) in [5.74, 6) is 0.729. The Morgan fingerprint density at radius 3 is 2.85 bits per heavy atom. The van der Waals surface area contributed by atoms with Crippen LogP contribution >= 0.6 is 11.8 Å². The van der Waals surface area contributed by atoms with Crippen LogP contribution in [0.15, 0.2) is 29.4 Å². The average Bonchev–Trinajstić information content (AvgIpc) is 3.33. The summed E-state index contributed by atoms with van der Waals surface area (Å²) in [6.07, 6.45) is -2.37. The Morgan fingerprint density at radius 2 is 2.15 bits per heavy atom. The van der Waals surface area contributed by atoms with E-state index in [1.807, 2.05) is 0 Å². The van der Waals surface area contributed by atoms with Gasteiger partial charge in [-0.3, -0.25) is 4.79 Å². The molecule has 1 N–H and O–H groups in total. The summed E-state index contributed by atoms with van der Waals surface area (Å²) in [5.41, 5.74) is -0.772. The summed E-state index contributed by atoms with van der Waals surface area (Å²) in [6, 6.07) is 4.96. The molecule has 1 fully saturated rings. The van der Waals surface area contributed by atoms with E-state index in [2.05, 4.69) is 15.5 Å². The third-order valence-electron chi connectivity index (χ3n) is 3.73. The summed E-state index contributed by atoms with van der Waals surface area (Å²) in [7, 11) is 1.71. The first-order chi connectivity index (χ1) is 12.3. The maximum Gasteiger partial charge on any atom is 0.416 e. The SMILES string of the molecule is Cn1c(COc2cccc(C(F)(F)F)c2)nnc1SCC(=O)NC1CC1. The number of carbonyl (C=O) groups excluding carboxylic acids is 1. The van der Waals surface area contributed by atoms with E-state index in [1.165, 1.54) is 23.9 Å². The Kier molecular flexibility index (Phi) is 5.40. The molecule has 0 atom stereocenters. The van der Waals surface area contributed by atoms with E-state index in [4.69, 9.17) is 4.74 Å². The van der Waals surface area contributed by atoms with Gasteiger partial charge in [0, 0.05) is 13.1 Å². The van der Waals surface area contributed by atoms with Crippen LogP contribution in [0.1, 0.15) is 24.2 Å². The number of thioether (sulfide) groups is 1. The molecule has 6 nitrogen and oxygen atoms in total. The molecule has 0 bridgehead atoms. The minimum absolute atomic E-state index is 0.0281. The zero-order valence-corrected chi connectivity index (χ0v) is 14.7. The zero-order valence-electron chi connectivity index (χ0n) is 13.9. The number of halogens is 3. The van der Waals surface area contributed by atoms with Crippen molar-refractivity contribution in [2.75, 3.05) is 5.75 Å². The van der Waals surface area contributed by atoms with Crippen molar-refractivity contribution in [2.45, 2.75) is 36.8 Å². The Morgan fingerprint density at radius 1 is 1.38 bits per heavy atom. The minimum Gasteiger partial charge on any atom is -0.486 e. The van der Waals surface area contributed by atoms with E-state index in [-0.39, 0.29) is 24.0 Å². The van der Waals surface area contributed by atoms with E-state index in [0.717, 1.165) is 25.0 Å².